The molecule has 1 aromatic heterocycles. The van der Waals surface area contributed by atoms with Crippen molar-refractivity contribution in [2.45, 2.75) is 31.8 Å². The molecule has 1 N–H and O–H groups in total. The van der Waals surface area contributed by atoms with Crippen LogP contribution in [0.25, 0.3) is 0 Å². The number of carboxylic acids is 1. The molecular formula is C11H13Cl2N3O2. The molecule has 1 saturated heterocycles. The zero-order chi connectivity index (χ0) is 13.1. The largest absolute Gasteiger partial charge is 0.480 e. The van der Waals surface area contributed by atoms with Crippen molar-refractivity contribution in [2.24, 2.45) is 0 Å². The lowest BCUT2D eigenvalue weighted by Crippen LogP contribution is -2.44. The van der Waals surface area contributed by atoms with E-state index in [4.69, 9.17) is 23.2 Å². The lowest BCUT2D eigenvalue weighted by molar-refractivity contribution is -0.144. The predicted octanol–water partition coefficient (Wildman–Crippen LogP) is 2.22. The van der Waals surface area contributed by atoms with Crippen LogP contribution in [0.5, 0.6) is 0 Å². The van der Waals surface area contributed by atoms with E-state index in [9.17, 15) is 9.90 Å². The molecule has 0 saturated carbocycles. The van der Waals surface area contributed by atoms with Crippen LogP contribution in [0.1, 0.15) is 24.8 Å². The average Bonchev–Trinajstić information content (AvgIpc) is 2.33. The number of nitrogens with zero attached hydrogens (tertiary/aromatic N) is 3. The summed E-state index contributed by atoms with van der Waals surface area (Å²) in [5, 5.41) is 9.55. The van der Waals surface area contributed by atoms with Crippen LogP contribution >= 0.6 is 23.2 Å². The van der Waals surface area contributed by atoms with Crippen molar-refractivity contribution in [3.63, 3.8) is 0 Å². The maximum atomic E-state index is 11.2. The van der Waals surface area contributed by atoms with Crippen LogP contribution in [-0.2, 0) is 11.3 Å². The normalized spacial score (nSPS) is 20.9. The minimum Gasteiger partial charge on any atom is -0.480 e. The summed E-state index contributed by atoms with van der Waals surface area (Å²) in [5.41, 5.74) is 0.703. The van der Waals surface area contributed by atoms with Gasteiger partial charge in [-0.15, -0.1) is 0 Å². The van der Waals surface area contributed by atoms with E-state index in [0.717, 1.165) is 19.4 Å². The molecule has 0 radical (unpaired) electrons. The highest BCUT2D eigenvalue weighted by Crippen LogP contribution is 2.22. The van der Waals surface area contributed by atoms with Crippen LogP contribution in [0.2, 0.25) is 10.4 Å². The highest BCUT2D eigenvalue weighted by Gasteiger charge is 2.28. The first-order valence-electron chi connectivity index (χ1n) is 5.71. The number of rotatable bonds is 3. The van der Waals surface area contributed by atoms with Gasteiger partial charge in [0.15, 0.2) is 0 Å². The summed E-state index contributed by atoms with van der Waals surface area (Å²) in [6.45, 7) is 1.18. The molecule has 1 aliphatic rings. The number of carbonyl (C=O) groups is 1. The van der Waals surface area contributed by atoms with E-state index in [1.165, 1.54) is 0 Å². The van der Waals surface area contributed by atoms with Gasteiger partial charge in [-0.1, -0.05) is 18.0 Å². The Bertz CT molecular complexity index is 456. The minimum atomic E-state index is -0.791. The molecule has 0 unspecified atom stereocenters. The Morgan fingerprint density at radius 1 is 1.50 bits per heavy atom. The van der Waals surface area contributed by atoms with Gasteiger partial charge in [-0.25, -0.2) is 9.97 Å². The van der Waals surface area contributed by atoms with Crippen LogP contribution in [-0.4, -0.2) is 38.5 Å². The Morgan fingerprint density at radius 3 is 2.94 bits per heavy atom. The fourth-order valence-electron chi connectivity index (χ4n) is 2.15. The molecule has 1 fully saturated rings. The fourth-order valence-corrected chi connectivity index (χ4v) is 2.52. The number of likely N-dealkylation sites (tertiary alicyclic amines) is 1. The summed E-state index contributed by atoms with van der Waals surface area (Å²) in [7, 11) is 0. The summed E-state index contributed by atoms with van der Waals surface area (Å²) in [4.78, 5) is 20.8. The monoisotopic (exact) mass is 289 g/mol. The summed E-state index contributed by atoms with van der Waals surface area (Å²) in [6, 6.07) is -0.453. The fraction of sp³-hybridized carbons (Fsp3) is 0.545. The van der Waals surface area contributed by atoms with Crippen molar-refractivity contribution < 1.29 is 9.90 Å². The van der Waals surface area contributed by atoms with E-state index in [1.54, 1.807) is 6.20 Å². The van der Waals surface area contributed by atoms with Crippen LogP contribution in [0.3, 0.4) is 0 Å². The van der Waals surface area contributed by atoms with Gasteiger partial charge in [0.25, 0.3) is 0 Å². The highest BCUT2D eigenvalue weighted by atomic mass is 35.5. The van der Waals surface area contributed by atoms with Crippen LogP contribution in [0, 0.1) is 0 Å². The number of aromatic nitrogens is 2. The Hall–Kier alpha value is -0.910. The van der Waals surface area contributed by atoms with Crippen LogP contribution in [0.4, 0.5) is 0 Å². The van der Waals surface area contributed by atoms with Gasteiger partial charge in [0.1, 0.15) is 11.2 Å². The topological polar surface area (TPSA) is 66.3 Å². The second kappa shape index (κ2) is 5.82. The lowest BCUT2D eigenvalue weighted by atomic mass is 10.0. The first-order chi connectivity index (χ1) is 8.58. The zero-order valence-electron chi connectivity index (χ0n) is 9.64. The number of piperidine rings is 1. The highest BCUT2D eigenvalue weighted by molar-refractivity contribution is 6.32. The molecule has 1 aromatic rings. The Balaban J connectivity index is 2.13. The van der Waals surface area contributed by atoms with Gasteiger partial charge in [-0.05, 0) is 31.0 Å². The molecule has 98 valence electrons. The lowest BCUT2D eigenvalue weighted by Gasteiger charge is -2.32. The summed E-state index contributed by atoms with van der Waals surface area (Å²) in [6.07, 6.45) is 4.15. The third-order valence-electron chi connectivity index (χ3n) is 3.05. The predicted molar refractivity (Wildman–Crippen MR) is 67.7 cm³/mol. The van der Waals surface area contributed by atoms with Gasteiger partial charge in [-0.2, -0.15) is 0 Å². The summed E-state index contributed by atoms with van der Waals surface area (Å²) < 4.78 is 0. The summed E-state index contributed by atoms with van der Waals surface area (Å²) in [5.74, 6) is -0.791. The van der Waals surface area contributed by atoms with Crippen molar-refractivity contribution >= 4 is 29.2 Å². The van der Waals surface area contributed by atoms with E-state index < -0.39 is 12.0 Å². The molecule has 2 heterocycles. The number of halogens is 2. The van der Waals surface area contributed by atoms with Crippen molar-refractivity contribution in [2.75, 3.05) is 6.54 Å². The van der Waals surface area contributed by atoms with Gasteiger partial charge in [0.2, 0.25) is 5.28 Å². The Morgan fingerprint density at radius 2 is 2.28 bits per heavy atom. The van der Waals surface area contributed by atoms with Gasteiger partial charge >= 0.3 is 5.97 Å². The van der Waals surface area contributed by atoms with Crippen molar-refractivity contribution in [3.05, 3.63) is 22.2 Å². The van der Waals surface area contributed by atoms with Crippen molar-refractivity contribution in [3.8, 4) is 0 Å². The Labute approximate surface area is 115 Å². The molecule has 1 atom stereocenters. The zero-order valence-corrected chi connectivity index (χ0v) is 11.2. The summed E-state index contributed by atoms with van der Waals surface area (Å²) >= 11 is 11.6. The van der Waals surface area contributed by atoms with Gasteiger partial charge in [-0.3, -0.25) is 9.69 Å². The first kappa shape index (κ1) is 13.5. The third-order valence-corrected chi connectivity index (χ3v) is 3.56. The van der Waals surface area contributed by atoms with Gasteiger partial charge in [0.05, 0.1) is 0 Å². The van der Waals surface area contributed by atoms with E-state index >= 15 is 0 Å². The molecule has 0 aliphatic carbocycles. The number of aliphatic carboxylic acids is 1. The maximum Gasteiger partial charge on any atom is 0.320 e. The molecule has 0 spiro atoms. The van der Waals surface area contributed by atoms with E-state index in [2.05, 4.69) is 9.97 Å². The minimum absolute atomic E-state index is 0.0946. The molecule has 7 heteroatoms. The van der Waals surface area contributed by atoms with Crippen LogP contribution in [0.15, 0.2) is 6.20 Å². The second-order valence-corrected chi connectivity index (χ2v) is 4.97. The molecule has 18 heavy (non-hydrogen) atoms. The number of hydrogen-bond donors (Lipinski definition) is 1. The van der Waals surface area contributed by atoms with Crippen molar-refractivity contribution in [1.29, 1.82) is 0 Å². The smallest absolute Gasteiger partial charge is 0.320 e. The molecule has 1 aliphatic heterocycles. The standard InChI is InChI=1S/C11H13Cl2N3O2/c12-9-7(5-14-11(13)15-9)6-16-4-2-1-3-8(16)10(17)18/h5,8H,1-4,6H2,(H,17,18)/t8-/m0/s1. The molecule has 0 bridgehead atoms. The van der Waals surface area contributed by atoms with Crippen LogP contribution < -0.4 is 0 Å². The average molecular weight is 290 g/mol. The van der Waals surface area contributed by atoms with E-state index in [-0.39, 0.29) is 10.4 Å². The van der Waals surface area contributed by atoms with E-state index in [0.29, 0.717) is 18.5 Å². The molecule has 0 amide bonds. The number of hydrogen-bond acceptors (Lipinski definition) is 4. The first-order valence-corrected chi connectivity index (χ1v) is 6.47. The molecular weight excluding hydrogens is 277 g/mol. The van der Waals surface area contributed by atoms with Gasteiger partial charge < -0.3 is 5.11 Å². The number of carboxylic acid groups (broad SMARTS) is 1. The van der Waals surface area contributed by atoms with Crippen molar-refractivity contribution in [1.82, 2.24) is 14.9 Å². The SMILES string of the molecule is O=C(O)[C@@H]1CCCCN1Cc1cnc(Cl)nc1Cl. The maximum absolute atomic E-state index is 11.2. The Kier molecular flexibility index (Phi) is 4.37. The van der Waals surface area contributed by atoms with E-state index in [1.807, 2.05) is 4.90 Å². The molecule has 0 aromatic carbocycles. The molecule has 2 rings (SSSR count). The third kappa shape index (κ3) is 3.10. The van der Waals surface area contributed by atoms with Gasteiger partial charge in [0, 0.05) is 18.3 Å². The second-order valence-electron chi connectivity index (χ2n) is 4.28. The molecule has 5 nitrogen and oxygen atoms in total. The quantitative estimate of drug-likeness (QED) is 0.683.